The molecule has 4 heteroatoms. The summed E-state index contributed by atoms with van der Waals surface area (Å²) < 4.78 is 5.86. The Balaban J connectivity index is 2.56. The minimum Gasteiger partial charge on any atom is -0.370 e. The number of hydrogen-bond donors (Lipinski definition) is 1. The molecule has 0 saturated heterocycles. The molecule has 1 aromatic rings. The third kappa shape index (κ3) is 3.65. The lowest BCUT2D eigenvalue weighted by Gasteiger charge is -2.05. The number of nitrogens with one attached hydrogen (secondary N) is 1. The molecule has 0 saturated carbocycles. The Morgan fingerprint density at radius 2 is 2.31 bits per heavy atom. The van der Waals surface area contributed by atoms with E-state index in [-0.39, 0.29) is 0 Å². The summed E-state index contributed by atoms with van der Waals surface area (Å²) in [6.07, 6.45) is 0. The molecule has 0 radical (unpaired) electrons. The van der Waals surface area contributed by atoms with Crippen molar-refractivity contribution in [3.8, 4) is 0 Å². The summed E-state index contributed by atoms with van der Waals surface area (Å²) in [6, 6.07) is 5.83. The number of ether oxygens (including phenoxy) is 1. The molecule has 0 aliphatic heterocycles. The van der Waals surface area contributed by atoms with E-state index in [2.05, 4.69) is 21.2 Å². The van der Waals surface area contributed by atoms with Crippen molar-refractivity contribution in [2.45, 2.75) is 6.54 Å². The highest BCUT2D eigenvalue weighted by molar-refractivity contribution is 9.10. The first-order chi connectivity index (χ1) is 6.24. The van der Waals surface area contributed by atoms with E-state index >= 15 is 0 Å². The van der Waals surface area contributed by atoms with Gasteiger partial charge in [-0.15, -0.1) is 0 Å². The van der Waals surface area contributed by atoms with Crippen molar-refractivity contribution in [1.29, 1.82) is 0 Å². The molecule has 0 amide bonds. The Morgan fingerprint density at radius 1 is 1.54 bits per heavy atom. The van der Waals surface area contributed by atoms with Crippen LogP contribution in [-0.2, 0) is 11.3 Å². The van der Waals surface area contributed by atoms with Gasteiger partial charge in [0.2, 0.25) is 0 Å². The third-order valence-electron chi connectivity index (χ3n) is 1.58. The summed E-state index contributed by atoms with van der Waals surface area (Å²) in [4.78, 5) is 0. The maximum atomic E-state index is 6.00. The van der Waals surface area contributed by atoms with E-state index in [9.17, 15) is 0 Å². The largest absolute Gasteiger partial charge is 0.370 e. The number of hydrogen-bond acceptors (Lipinski definition) is 2. The van der Waals surface area contributed by atoms with Gasteiger partial charge in [0.25, 0.3) is 0 Å². The van der Waals surface area contributed by atoms with E-state index < -0.39 is 0 Å². The van der Waals surface area contributed by atoms with Gasteiger partial charge in [0.05, 0.1) is 6.73 Å². The van der Waals surface area contributed by atoms with Crippen LogP contribution in [0.1, 0.15) is 5.56 Å². The summed E-state index contributed by atoms with van der Waals surface area (Å²) in [5, 5.41) is 3.85. The molecule has 1 N–H and O–H groups in total. The van der Waals surface area contributed by atoms with Crippen LogP contribution >= 0.6 is 27.5 Å². The van der Waals surface area contributed by atoms with Gasteiger partial charge in [-0.3, -0.25) is 5.32 Å². The molecule has 72 valence electrons. The quantitative estimate of drug-likeness (QED) is 0.667. The van der Waals surface area contributed by atoms with Gasteiger partial charge in [-0.1, -0.05) is 33.6 Å². The first-order valence-electron chi connectivity index (χ1n) is 3.87. The molecular formula is C9H11BrClNO. The van der Waals surface area contributed by atoms with Crippen LogP contribution < -0.4 is 5.32 Å². The van der Waals surface area contributed by atoms with Gasteiger partial charge in [-0.2, -0.15) is 0 Å². The van der Waals surface area contributed by atoms with Crippen molar-refractivity contribution in [3.63, 3.8) is 0 Å². The Labute approximate surface area is 91.4 Å². The average Bonchev–Trinajstić information content (AvgIpc) is 2.09. The lowest BCUT2D eigenvalue weighted by Crippen LogP contribution is -2.16. The third-order valence-corrected chi connectivity index (χ3v) is 2.42. The zero-order chi connectivity index (χ0) is 9.68. The minimum atomic E-state index is 0.534. The van der Waals surface area contributed by atoms with Gasteiger partial charge >= 0.3 is 0 Å². The molecule has 0 fully saturated rings. The molecular weight excluding hydrogens is 253 g/mol. The Hall–Kier alpha value is -0.0900. The monoisotopic (exact) mass is 263 g/mol. The summed E-state index contributed by atoms with van der Waals surface area (Å²) in [5.74, 6) is 0. The molecule has 0 aliphatic rings. The number of methoxy groups -OCH3 is 1. The fourth-order valence-corrected chi connectivity index (χ4v) is 1.69. The summed E-state index contributed by atoms with van der Waals surface area (Å²) >= 11 is 9.35. The molecule has 0 unspecified atom stereocenters. The highest BCUT2D eigenvalue weighted by Crippen LogP contribution is 2.20. The number of halogens is 2. The molecule has 1 rings (SSSR count). The second kappa shape index (κ2) is 5.60. The van der Waals surface area contributed by atoms with E-state index in [1.807, 2.05) is 18.2 Å². The normalized spacial score (nSPS) is 10.4. The number of rotatable bonds is 4. The SMILES string of the molecule is COCNCc1ccc(Br)cc1Cl. The predicted molar refractivity (Wildman–Crippen MR) is 57.9 cm³/mol. The lowest BCUT2D eigenvalue weighted by molar-refractivity contribution is 0.174. The van der Waals surface area contributed by atoms with Crippen LogP contribution in [-0.4, -0.2) is 13.8 Å². The topological polar surface area (TPSA) is 21.3 Å². The van der Waals surface area contributed by atoms with Crippen LogP contribution in [0.3, 0.4) is 0 Å². The summed E-state index contributed by atoms with van der Waals surface area (Å²) in [7, 11) is 1.65. The van der Waals surface area contributed by atoms with Crippen LogP contribution in [0.5, 0.6) is 0 Å². The summed E-state index contributed by atoms with van der Waals surface area (Å²) in [6.45, 7) is 1.26. The van der Waals surface area contributed by atoms with Gasteiger partial charge in [0, 0.05) is 23.1 Å². The van der Waals surface area contributed by atoms with Crippen molar-refractivity contribution in [2.75, 3.05) is 13.8 Å². The van der Waals surface area contributed by atoms with E-state index in [0.717, 1.165) is 21.6 Å². The molecule has 0 aromatic heterocycles. The molecule has 0 heterocycles. The predicted octanol–water partition coefficient (Wildman–Crippen LogP) is 2.80. The van der Waals surface area contributed by atoms with E-state index in [0.29, 0.717) is 6.73 Å². The Morgan fingerprint density at radius 3 is 2.92 bits per heavy atom. The first-order valence-corrected chi connectivity index (χ1v) is 5.04. The van der Waals surface area contributed by atoms with E-state index in [4.69, 9.17) is 16.3 Å². The van der Waals surface area contributed by atoms with E-state index in [1.165, 1.54) is 0 Å². The Kier molecular flexibility index (Phi) is 4.73. The fourth-order valence-electron chi connectivity index (χ4n) is 0.953. The fraction of sp³-hybridized carbons (Fsp3) is 0.333. The number of benzene rings is 1. The molecule has 0 bridgehead atoms. The van der Waals surface area contributed by atoms with Crippen LogP contribution in [0.2, 0.25) is 5.02 Å². The zero-order valence-corrected chi connectivity index (χ0v) is 9.65. The standard InChI is InChI=1S/C9H11BrClNO/c1-13-6-12-5-7-2-3-8(10)4-9(7)11/h2-4,12H,5-6H2,1H3. The zero-order valence-electron chi connectivity index (χ0n) is 7.31. The van der Waals surface area contributed by atoms with Gasteiger partial charge in [-0.25, -0.2) is 0 Å². The second-order valence-electron chi connectivity index (χ2n) is 2.60. The average molecular weight is 265 g/mol. The Bertz CT molecular complexity index is 280. The molecule has 0 aliphatic carbocycles. The van der Waals surface area contributed by atoms with Gasteiger partial charge < -0.3 is 4.74 Å². The lowest BCUT2D eigenvalue weighted by atomic mass is 10.2. The maximum absolute atomic E-state index is 6.00. The smallest absolute Gasteiger partial charge is 0.0964 e. The molecule has 0 spiro atoms. The van der Waals surface area contributed by atoms with Crippen molar-refractivity contribution >= 4 is 27.5 Å². The minimum absolute atomic E-state index is 0.534. The summed E-state index contributed by atoms with van der Waals surface area (Å²) in [5.41, 5.74) is 1.07. The highest BCUT2D eigenvalue weighted by Gasteiger charge is 1.99. The molecule has 13 heavy (non-hydrogen) atoms. The first kappa shape index (κ1) is 11.0. The van der Waals surface area contributed by atoms with Crippen LogP contribution in [0, 0.1) is 0 Å². The van der Waals surface area contributed by atoms with Crippen molar-refractivity contribution in [2.24, 2.45) is 0 Å². The van der Waals surface area contributed by atoms with Crippen molar-refractivity contribution in [1.82, 2.24) is 5.32 Å². The highest BCUT2D eigenvalue weighted by atomic mass is 79.9. The molecule has 1 aromatic carbocycles. The van der Waals surface area contributed by atoms with Crippen molar-refractivity contribution in [3.05, 3.63) is 33.3 Å². The maximum Gasteiger partial charge on any atom is 0.0964 e. The second-order valence-corrected chi connectivity index (χ2v) is 3.92. The van der Waals surface area contributed by atoms with Crippen LogP contribution in [0.15, 0.2) is 22.7 Å². The van der Waals surface area contributed by atoms with Gasteiger partial charge in [0.15, 0.2) is 0 Å². The molecule has 0 atom stereocenters. The van der Waals surface area contributed by atoms with E-state index in [1.54, 1.807) is 7.11 Å². The van der Waals surface area contributed by atoms with Crippen molar-refractivity contribution < 1.29 is 4.74 Å². The van der Waals surface area contributed by atoms with Crippen LogP contribution in [0.4, 0.5) is 0 Å². The van der Waals surface area contributed by atoms with Gasteiger partial charge in [-0.05, 0) is 17.7 Å². The molecule has 2 nitrogen and oxygen atoms in total. The van der Waals surface area contributed by atoms with Crippen LogP contribution in [0.25, 0.3) is 0 Å². The van der Waals surface area contributed by atoms with Gasteiger partial charge in [0.1, 0.15) is 0 Å².